The summed E-state index contributed by atoms with van der Waals surface area (Å²) < 4.78 is 0. The van der Waals surface area contributed by atoms with Crippen LogP contribution in [0.3, 0.4) is 0 Å². The van der Waals surface area contributed by atoms with Crippen molar-refractivity contribution in [1.29, 1.82) is 0 Å². The summed E-state index contributed by atoms with van der Waals surface area (Å²) in [5.74, 6) is 0.661. The van der Waals surface area contributed by atoms with E-state index in [9.17, 15) is 0 Å². The highest BCUT2D eigenvalue weighted by Gasteiger charge is 2.05. The fraction of sp³-hybridized carbons (Fsp3) is 0.800. The third-order valence-electron chi connectivity index (χ3n) is 1.68. The fourth-order valence-corrected chi connectivity index (χ4v) is 1.60. The van der Waals surface area contributed by atoms with Gasteiger partial charge >= 0.3 is 0 Å². The van der Waals surface area contributed by atoms with Gasteiger partial charge in [-0.05, 0) is 24.8 Å². The summed E-state index contributed by atoms with van der Waals surface area (Å²) in [6.07, 6.45) is 1.05. The van der Waals surface area contributed by atoms with E-state index in [0.717, 1.165) is 25.1 Å². The fourth-order valence-electron chi connectivity index (χ4n) is 1.06. The zero-order valence-electron chi connectivity index (χ0n) is 8.61. The molecule has 3 heteroatoms. The molecule has 0 radical (unpaired) electrons. The lowest BCUT2D eigenvalue weighted by atomic mass is 10.1. The molecule has 1 atom stereocenters. The van der Waals surface area contributed by atoms with Crippen molar-refractivity contribution in [2.24, 2.45) is 5.92 Å². The van der Waals surface area contributed by atoms with Crippen LogP contribution in [0.1, 0.15) is 27.2 Å². The summed E-state index contributed by atoms with van der Waals surface area (Å²) in [6, 6.07) is 0. The van der Waals surface area contributed by atoms with E-state index in [4.69, 9.17) is 23.2 Å². The first-order chi connectivity index (χ1) is 6.06. The van der Waals surface area contributed by atoms with Crippen LogP contribution in [0.2, 0.25) is 0 Å². The lowest BCUT2D eigenvalue weighted by Crippen LogP contribution is -2.25. The molecule has 0 spiro atoms. The normalized spacial score (nSPS) is 15.1. The third-order valence-corrected chi connectivity index (χ3v) is 2.39. The Kier molecular flexibility index (Phi) is 7.83. The zero-order chi connectivity index (χ0) is 10.3. The Bertz CT molecular complexity index is 155. The Morgan fingerprint density at radius 3 is 2.54 bits per heavy atom. The Morgan fingerprint density at radius 1 is 1.46 bits per heavy atom. The minimum atomic E-state index is 0.225. The van der Waals surface area contributed by atoms with Crippen molar-refractivity contribution in [2.45, 2.75) is 32.6 Å². The van der Waals surface area contributed by atoms with Crippen LogP contribution in [0.15, 0.2) is 11.1 Å². The number of rotatable bonds is 6. The average Bonchev–Trinajstić information content (AvgIpc) is 2.02. The van der Waals surface area contributed by atoms with Crippen molar-refractivity contribution in [3.8, 4) is 0 Å². The number of hydrogen-bond donors (Lipinski definition) is 1. The topological polar surface area (TPSA) is 12.0 Å². The summed E-state index contributed by atoms with van der Waals surface area (Å²) in [7, 11) is 0. The lowest BCUT2D eigenvalue weighted by Gasteiger charge is -2.12. The quantitative estimate of drug-likeness (QED) is 0.682. The molecule has 0 saturated heterocycles. The van der Waals surface area contributed by atoms with Gasteiger partial charge in [0.1, 0.15) is 0 Å². The van der Waals surface area contributed by atoms with Crippen LogP contribution in [0.5, 0.6) is 0 Å². The second-order valence-corrected chi connectivity index (χ2v) is 4.65. The minimum absolute atomic E-state index is 0.225. The van der Waals surface area contributed by atoms with E-state index in [0.29, 0.717) is 5.92 Å². The van der Waals surface area contributed by atoms with Gasteiger partial charge in [-0.3, -0.25) is 0 Å². The maximum Gasteiger partial charge on any atom is 0.0463 e. The maximum absolute atomic E-state index is 6.09. The van der Waals surface area contributed by atoms with Crippen molar-refractivity contribution in [3.05, 3.63) is 11.1 Å². The minimum Gasteiger partial charge on any atom is -0.312 e. The summed E-state index contributed by atoms with van der Waals surface area (Å²) in [6.45, 7) is 8.02. The Morgan fingerprint density at radius 2 is 2.08 bits per heavy atom. The number of nitrogens with one attached hydrogen (secondary N) is 1. The largest absolute Gasteiger partial charge is 0.312 e. The molecule has 1 nitrogen and oxygen atoms in total. The molecule has 0 aromatic carbocycles. The van der Waals surface area contributed by atoms with Gasteiger partial charge in [0.05, 0.1) is 0 Å². The van der Waals surface area contributed by atoms with E-state index < -0.39 is 0 Å². The predicted molar refractivity (Wildman–Crippen MR) is 61.6 cm³/mol. The molecule has 0 heterocycles. The van der Waals surface area contributed by atoms with E-state index in [1.54, 1.807) is 5.54 Å². The molecule has 0 aromatic heterocycles. The molecule has 0 amide bonds. The van der Waals surface area contributed by atoms with Crippen molar-refractivity contribution in [1.82, 2.24) is 5.32 Å². The standard InChI is InChI=1S/C10H19Cl2N/c1-8(2)4-10(12)7-13-6-9(3)5-11/h5,8,10,13H,4,6-7H2,1-3H3. The van der Waals surface area contributed by atoms with Crippen molar-refractivity contribution < 1.29 is 0 Å². The molecule has 0 aliphatic carbocycles. The molecule has 13 heavy (non-hydrogen) atoms. The Labute approximate surface area is 91.5 Å². The number of hydrogen-bond acceptors (Lipinski definition) is 1. The Hall–Kier alpha value is 0.280. The molecule has 0 aromatic rings. The highest BCUT2D eigenvalue weighted by atomic mass is 35.5. The molecule has 0 rings (SSSR count). The second kappa shape index (κ2) is 7.66. The second-order valence-electron chi connectivity index (χ2n) is 3.81. The molecule has 1 unspecified atom stereocenters. The van der Waals surface area contributed by atoms with Gasteiger partial charge < -0.3 is 5.32 Å². The smallest absolute Gasteiger partial charge is 0.0463 e. The summed E-state index contributed by atoms with van der Waals surface area (Å²) in [5, 5.41) is 3.48. The summed E-state index contributed by atoms with van der Waals surface area (Å²) in [4.78, 5) is 0. The average molecular weight is 224 g/mol. The van der Waals surface area contributed by atoms with Gasteiger partial charge in [-0.1, -0.05) is 25.4 Å². The van der Waals surface area contributed by atoms with E-state index in [1.807, 2.05) is 6.92 Å². The van der Waals surface area contributed by atoms with Gasteiger partial charge in [0, 0.05) is 24.0 Å². The number of halogens is 2. The van der Waals surface area contributed by atoms with Crippen LogP contribution in [0, 0.1) is 5.92 Å². The SMILES string of the molecule is CC(=CCl)CNCC(Cl)CC(C)C. The van der Waals surface area contributed by atoms with E-state index in [-0.39, 0.29) is 5.38 Å². The zero-order valence-corrected chi connectivity index (χ0v) is 10.1. The van der Waals surface area contributed by atoms with E-state index >= 15 is 0 Å². The van der Waals surface area contributed by atoms with Gasteiger partial charge in [0.25, 0.3) is 0 Å². The third kappa shape index (κ3) is 8.61. The first-order valence-corrected chi connectivity index (χ1v) is 5.54. The molecule has 0 aliphatic rings. The molecule has 0 fully saturated rings. The molecule has 0 saturated carbocycles. The Balaban J connectivity index is 3.42. The van der Waals surface area contributed by atoms with Crippen LogP contribution >= 0.6 is 23.2 Å². The van der Waals surface area contributed by atoms with E-state index in [1.165, 1.54) is 0 Å². The van der Waals surface area contributed by atoms with Gasteiger partial charge in [0.2, 0.25) is 0 Å². The lowest BCUT2D eigenvalue weighted by molar-refractivity contribution is 0.541. The van der Waals surface area contributed by atoms with Gasteiger partial charge in [0.15, 0.2) is 0 Å². The van der Waals surface area contributed by atoms with Crippen LogP contribution in [0.4, 0.5) is 0 Å². The molecular weight excluding hydrogens is 205 g/mol. The van der Waals surface area contributed by atoms with Crippen LogP contribution < -0.4 is 5.32 Å². The van der Waals surface area contributed by atoms with Crippen LogP contribution in [-0.2, 0) is 0 Å². The number of alkyl halides is 1. The predicted octanol–water partition coefficient (Wildman–Crippen LogP) is 3.37. The summed E-state index contributed by atoms with van der Waals surface area (Å²) in [5.41, 5.74) is 2.73. The first kappa shape index (κ1) is 13.3. The molecule has 1 N–H and O–H groups in total. The van der Waals surface area contributed by atoms with Gasteiger partial charge in [-0.25, -0.2) is 0 Å². The van der Waals surface area contributed by atoms with Gasteiger partial charge in [-0.15, -0.1) is 11.6 Å². The first-order valence-electron chi connectivity index (χ1n) is 4.67. The monoisotopic (exact) mass is 223 g/mol. The highest BCUT2D eigenvalue weighted by Crippen LogP contribution is 2.09. The van der Waals surface area contributed by atoms with Crippen molar-refractivity contribution in [2.75, 3.05) is 13.1 Å². The molecule has 78 valence electrons. The van der Waals surface area contributed by atoms with Crippen LogP contribution in [0.25, 0.3) is 0 Å². The van der Waals surface area contributed by atoms with Crippen LogP contribution in [-0.4, -0.2) is 18.5 Å². The summed E-state index contributed by atoms with van der Waals surface area (Å²) >= 11 is 11.6. The maximum atomic E-state index is 6.09. The molecule has 0 bridgehead atoms. The van der Waals surface area contributed by atoms with Crippen molar-refractivity contribution in [3.63, 3.8) is 0 Å². The molecule has 0 aliphatic heterocycles. The van der Waals surface area contributed by atoms with Crippen molar-refractivity contribution >= 4 is 23.2 Å². The molecular formula is C10H19Cl2N. The van der Waals surface area contributed by atoms with E-state index in [2.05, 4.69) is 19.2 Å². The highest BCUT2D eigenvalue weighted by molar-refractivity contribution is 6.25. The van der Waals surface area contributed by atoms with Gasteiger partial charge in [-0.2, -0.15) is 0 Å².